The van der Waals surface area contributed by atoms with E-state index in [1.54, 1.807) is 20.8 Å². The molecule has 1 saturated heterocycles. The van der Waals surface area contributed by atoms with Crippen LogP contribution < -0.4 is 5.32 Å². The van der Waals surface area contributed by atoms with E-state index < -0.39 is 29.7 Å². The summed E-state index contributed by atoms with van der Waals surface area (Å²) in [5, 5.41) is 2.54. The standard InChI is InChI=1S/C10H16F3NO2/c1-9(2,3)16-8(15)7-6(4-5-14-7)10(11,12)13/h6-7,14H,4-5H2,1-3H3/t6-,7+/m1/s1. The number of hydrogen-bond donors (Lipinski definition) is 1. The van der Waals surface area contributed by atoms with Crippen LogP contribution in [0.5, 0.6) is 0 Å². The molecular weight excluding hydrogens is 223 g/mol. The average Bonchev–Trinajstić information content (AvgIpc) is 2.45. The van der Waals surface area contributed by atoms with Gasteiger partial charge >= 0.3 is 12.1 Å². The molecule has 16 heavy (non-hydrogen) atoms. The third-order valence-electron chi connectivity index (χ3n) is 2.30. The van der Waals surface area contributed by atoms with E-state index in [1.807, 2.05) is 0 Å². The second-order valence-electron chi connectivity index (χ2n) is 4.90. The van der Waals surface area contributed by atoms with Gasteiger partial charge in [0.25, 0.3) is 0 Å². The quantitative estimate of drug-likeness (QED) is 0.710. The van der Waals surface area contributed by atoms with Gasteiger partial charge in [-0.2, -0.15) is 13.2 Å². The summed E-state index contributed by atoms with van der Waals surface area (Å²) in [5.41, 5.74) is -0.766. The largest absolute Gasteiger partial charge is 0.459 e. The summed E-state index contributed by atoms with van der Waals surface area (Å²) in [6.45, 7) is 5.07. The minimum Gasteiger partial charge on any atom is -0.459 e. The van der Waals surface area contributed by atoms with Gasteiger partial charge in [-0.15, -0.1) is 0 Å². The number of rotatable bonds is 1. The van der Waals surface area contributed by atoms with E-state index in [0.717, 1.165) is 0 Å². The zero-order chi connectivity index (χ0) is 12.6. The van der Waals surface area contributed by atoms with Gasteiger partial charge in [-0.05, 0) is 33.7 Å². The first-order valence-electron chi connectivity index (χ1n) is 5.14. The Balaban J connectivity index is 2.69. The van der Waals surface area contributed by atoms with E-state index >= 15 is 0 Å². The number of carbonyl (C=O) groups is 1. The highest BCUT2D eigenvalue weighted by molar-refractivity contribution is 5.77. The Labute approximate surface area is 92.3 Å². The van der Waals surface area contributed by atoms with Crippen molar-refractivity contribution < 1.29 is 22.7 Å². The summed E-state index contributed by atoms with van der Waals surface area (Å²) in [4.78, 5) is 11.5. The molecule has 0 aliphatic carbocycles. The average molecular weight is 239 g/mol. The molecule has 3 nitrogen and oxygen atoms in total. The second kappa shape index (κ2) is 4.24. The van der Waals surface area contributed by atoms with Crippen molar-refractivity contribution in [3.63, 3.8) is 0 Å². The number of carbonyl (C=O) groups excluding carboxylic acids is 1. The summed E-state index contributed by atoms with van der Waals surface area (Å²) in [7, 11) is 0. The molecule has 94 valence electrons. The highest BCUT2D eigenvalue weighted by Crippen LogP contribution is 2.35. The number of alkyl halides is 3. The lowest BCUT2D eigenvalue weighted by atomic mass is 10.00. The summed E-state index contributed by atoms with van der Waals surface area (Å²) < 4.78 is 42.6. The van der Waals surface area contributed by atoms with E-state index in [0.29, 0.717) is 0 Å². The predicted octanol–water partition coefficient (Wildman–Crippen LogP) is 1.87. The Morgan fingerprint density at radius 1 is 1.31 bits per heavy atom. The van der Waals surface area contributed by atoms with Gasteiger partial charge < -0.3 is 10.1 Å². The van der Waals surface area contributed by atoms with Crippen molar-refractivity contribution in [2.75, 3.05) is 6.54 Å². The van der Waals surface area contributed by atoms with Crippen LogP contribution >= 0.6 is 0 Å². The van der Waals surface area contributed by atoms with Crippen LogP contribution in [-0.2, 0) is 9.53 Å². The van der Waals surface area contributed by atoms with Crippen LogP contribution in [0.4, 0.5) is 13.2 Å². The third-order valence-corrected chi connectivity index (χ3v) is 2.30. The molecule has 0 radical (unpaired) electrons. The van der Waals surface area contributed by atoms with Gasteiger partial charge in [0.05, 0.1) is 5.92 Å². The lowest BCUT2D eigenvalue weighted by Crippen LogP contribution is -2.45. The van der Waals surface area contributed by atoms with Gasteiger partial charge in [0.2, 0.25) is 0 Å². The molecule has 1 aliphatic heterocycles. The fraction of sp³-hybridized carbons (Fsp3) is 0.900. The van der Waals surface area contributed by atoms with Crippen LogP contribution in [0.2, 0.25) is 0 Å². The smallest absolute Gasteiger partial charge is 0.393 e. The predicted molar refractivity (Wildman–Crippen MR) is 51.8 cm³/mol. The van der Waals surface area contributed by atoms with Crippen molar-refractivity contribution in [3.8, 4) is 0 Å². The maximum atomic E-state index is 12.6. The van der Waals surface area contributed by atoms with Gasteiger partial charge in [0.15, 0.2) is 0 Å². The maximum absolute atomic E-state index is 12.6. The van der Waals surface area contributed by atoms with E-state index in [-0.39, 0.29) is 13.0 Å². The lowest BCUT2D eigenvalue weighted by molar-refractivity contribution is -0.189. The lowest BCUT2D eigenvalue weighted by Gasteiger charge is -2.25. The van der Waals surface area contributed by atoms with Gasteiger partial charge in [-0.25, -0.2) is 0 Å². The highest BCUT2D eigenvalue weighted by Gasteiger charge is 2.50. The molecule has 1 fully saturated rings. The molecule has 0 saturated carbocycles. The van der Waals surface area contributed by atoms with Crippen molar-refractivity contribution in [2.45, 2.75) is 45.0 Å². The van der Waals surface area contributed by atoms with Gasteiger partial charge in [-0.1, -0.05) is 0 Å². The summed E-state index contributed by atoms with van der Waals surface area (Å²) in [6.07, 6.45) is -4.43. The fourth-order valence-corrected chi connectivity index (χ4v) is 1.67. The van der Waals surface area contributed by atoms with Gasteiger partial charge in [-0.3, -0.25) is 4.79 Å². The first kappa shape index (κ1) is 13.3. The molecule has 0 amide bonds. The topological polar surface area (TPSA) is 38.3 Å². The highest BCUT2D eigenvalue weighted by atomic mass is 19.4. The SMILES string of the molecule is CC(C)(C)OC(=O)[C@H]1NCC[C@H]1C(F)(F)F. The molecule has 1 N–H and O–H groups in total. The van der Waals surface area contributed by atoms with E-state index in [1.165, 1.54) is 0 Å². The molecule has 0 unspecified atom stereocenters. The summed E-state index contributed by atoms with van der Waals surface area (Å²) in [5.74, 6) is -2.46. The molecule has 6 heteroatoms. The Bertz CT molecular complexity index is 270. The Hall–Kier alpha value is -0.780. The third kappa shape index (κ3) is 3.37. The molecule has 0 spiro atoms. The first-order chi connectivity index (χ1) is 7.11. The number of nitrogens with one attached hydrogen (secondary N) is 1. The van der Waals surface area contributed by atoms with Crippen LogP contribution in [-0.4, -0.2) is 30.3 Å². The Morgan fingerprint density at radius 2 is 1.88 bits per heavy atom. The molecule has 1 aliphatic rings. The van der Waals surface area contributed by atoms with E-state index in [9.17, 15) is 18.0 Å². The van der Waals surface area contributed by atoms with Crippen molar-refractivity contribution >= 4 is 5.97 Å². The molecule has 1 heterocycles. The minimum absolute atomic E-state index is 0.0760. The van der Waals surface area contributed by atoms with Crippen LogP contribution in [0.1, 0.15) is 27.2 Å². The number of esters is 1. The zero-order valence-electron chi connectivity index (χ0n) is 9.52. The number of halogens is 3. The molecule has 0 bridgehead atoms. The zero-order valence-corrected chi connectivity index (χ0v) is 9.52. The van der Waals surface area contributed by atoms with Gasteiger partial charge in [0.1, 0.15) is 11.6 Å². The van der Waals surface area contributed by atoms with Gasteiger partial charge in [0, 0.05) is 0 Å². The summed E-state index contributed by atoms with van der Waals surface area (Å²) in [6, 6.07) is -1.26. The van der Waals surface area contributed by atoms with Crippen LogP contribution in [0.3, 0.4) is 0 Å². The molecule has 2 atom stereocenters. The number of hydrogen-bond acceptors (Lipinski definition) is 3. The minimum atomic E-state index is -4.36. The maximum Gasteiger partial charge on any atom is 0.393 e. The summed E-state index contributed by atoms with van der Waals surface area (Å²) >= 11 is 0. The van der Waals surface area contributed by atoms with Crippen molar-refractivity contribution in [3.05, 3.63) is 0 Å². The molecule has 0 aromatic rings. The Kier molecular flexibility index (Phi) is 3.52. The van der Waals surface area contributed by atoms with Crippen LogP contribution in [0.25, 0.3) is 0 Å². The van der Waals surface area contributed by atoms with E-state index in [2.05, 4.69) is 5.32 Å². The number of ether oxygens (including phenoxy) is 1. The molecule has 0 aromatic heterocycles. The van der Waals surface area contributed by atoms with Crippen molar-refractivity contribution in [1.29, 1.82) is 0 Å². The van der Waals surface area contributed by atoms with Crippen LogP contribution in [0.15, 0.2) is 0 Å². The first-order valence-corrected chi connectivity index (χ1v) is 5.14. The molecule has 0 aromatic carbocycles. The monoisotopic (exact) mass is 239 g/mol. The van der Waals surface area contributed by atoms with Crippen LogP contribution in [0, 0.1) is 5.92 Å². The normalized spacial score (nSPS) is 26.9. The fourth-order valence-electron chi connectivity index (χ4n) is 1.67. The molecular formula is C10H16F3NO2. The van der Waals surface area contributed by atoms with E-state index in [4.69, 9.17) is 4.74 Å². The second-order valence-corrected chi connectivity index (χ2v) is 4.90. The molecule has 1 rings (SSSR count). The van der Waals surface area contributed by atoms with Crippen molar-refractivity contribution in [1.82, 2.24) is 5.32 Å². The Morgan fingerprint density at radius 3 is 2.31 bits per heavy atom. The van der Waals surface area contributed by atoms with Crippen molar-refractivity contribution in [2.24, 2.45) is 5.92 Å².